The Morgan fingerprint density at radius 1 is 1.12 bits per heavy atom. The second-order valence-electron chi connectivity index (χ2n) is 8.76. The summed E-state index contributed by atoms with van der Waals surface area (Å²) < 4.78 is 9.81. The van der Waals surface area contributed by atoms with Crippen LogP contribution in [0.4, 0.5) is 0 Å². The summed E-state index contributed by atoms with van der Waals surface area (Å²) in [5.41, 5.74) is 0. The summed E-state index contributed by atoms with van der Waals surface area (Å²) in [6.07, 6.45) is 11.0. The zero-order chi connectivity index (χ0) is 24.6. The highest BCUT2D eigenvalue weighted by molar-refractivity contribution is 5.69. The predicted molar refractivity (Wildman–Crippen MR) is 124 cm³/mol. The highest BCUT2D eigenvalue weighted by Gasteiger charge is 2.39. The number of rotatable bonds is 16. The maximum atomic E-state index is 11.8. The molecule has 1 saturated carbocycles. The Bertz CT molecular complexity index is 618. The molecule has 0 saturated heterocycles. The van der Waals surface area contributed by atoms with Crippen LogP contribution in [0.25, 0.3) is 0 Å². The number of aliphatic hydroxyl groups is 4. The molecule has 0 radical (unpaired) electrons. The minimum Gasteiger partial charge on any atom is -0.462 e. The van der Waals surface area contributed by atoms with Crippen LogP contribution in [0.1, 0.15) is 71.6 Å². The van der Waals surface area contributed by atoms with Crippen LogP contribution in [0.15, 0.2) is 24.3 Å². The zero-order valence-electron chi connectivity index (χ0n) is 20.0. The third kappa shape index (κ3) is 12.3. The van der Waals surface area contributed by atoms with Crippen molar-refractivity contribution in [3.05, 3.63) is 24.3 Å². The number of carbonyl (C=O) groups excluding carboxylic acids is 2. The van der Waals surface area contributed by atoms with Gasteiger partial charge in [-0.15, -0.1) is 0 Å². The molecule has 0 aromatic carbocycles. The second-order valence-corrected chi connectivity index (χ2v) is 8.76. The zero-order valence-corrected chi connectivity index (χ0v) is 20.0. The maximum Gasteiger partial charge on any atom is 0.306 e. The van der Waals surface area contributed by atoms with Crippen molar-refractivity contribution in [1.82, 2.24) is 0 Å². The lowest BCUT2D eigenvalue weighted by molar-refractivity contribution is -0.160. The Morgan fingerprint density at radius 2 is 1.88 bits per heavy atom. The van der Waals surface area contributed by atoms with Gasteiger partial charge in [0.1, 0.15) is 6.61 Å². The highest BCUT2D eigenvalue weighted by Crippen LogP contribution is 2.36. The molecule has 1 aliphatic rings. The molecule has 1 fully saturated rings. The van der Waals surface area contributed by atoms with E-state index in [1.165, 1.54) is 6.92 Å². The number of hydrogen-bond acceptors (Lipinski definition) is 8. The fraction of sp³-hybridized carbons (Fsp3) is 0.760. The Hall–Kier alpha value is -1.74. The van der Waals surface area contributed by atoms with Gasteiger partial charge in [0.05, 0.1) is 24.9 Å². The second kappa shape index (κ2) is 16.8. The van der Waals surface area contributed by atoms with Gasteiger partial charge in [-0.2, -0.15) is 0 Å². The van der Waals surface area contributed by atoms with Crippen molar-refractivity contribution in [2.75, 3.05) is 13.2 Å². The number of unbranched alkanes of at least 4 members (excludes halogenated alkanes) is 3. The van der Waals surface area contributed by atoms with E-state index in [9.17, 15) is 30.0 Å². The largest absolute Gasteiger partial charge is 0.462 e. The first-order valence-corrected chi connectivity index (χ1v) is 12.1. The number of esters is 2. The number of ether oxygens (including phenoxy) is 2. The van der Waals surface area contributed by atoms with Crippen molar-refractivity contribution >= 4 is 11.9 Å². The summed E-state index contributed by atoms with van der Waals surface area (Å²) in [6.45, 7) is 2.77. The van der Waals surface area contributed by atoms with E-state index in [0.29, 0.717) is 32.1 Å². The van der Waals surface area contributed by atoms with Crippen molar-refractivity contribution in [1.29, 1.82) is 0 Å². The molecule has 190 valence electrons. The van der Waals surface area contributed by atoms with E-state index in [1.54, 1.807) is 6.08 Å². The first-order chi connectivity index (χ1) is 15.8. The van der Waals surface area contributed by atoms with Crippen molar-refractivity contribution in [2.24, 2.45) is 11.8 Å². The van der Waals surface area contributed by atoms with E-state index in [0.717, 1.165) is 19.3 Å². The van der Waals surface area contributed by atoms with Crippen LogP contribution >= 0.6 is 0 Å². The maximum absolute atomic E-state index is 11.8. The van der Waals surface area contributed by atoms with Gasteiger partial charge >= 0.3 is 11.9 Å². The minimum absolute atomic E-state index is 0.119. The Kier molecular flexibility index (Phi) is 14.9. The molecule has 1 aliphatic carbocycles. The highest BCUT2D eigenvalue weighted by atomic mass is 16.6. The number of aliphatic hydroxyl groups excluding tert-OH is 4. The molecule has 8 heteroatoms. The Labute approximate surface area is 197 Å². The summed E-state index contributed by atoms with van der Waals surface area (Å²) in [4.78, 5) is 22.6. The lowest BCUT2D eigenvalue weighted by Crippen LogP contribution is -2.28. The minimum atomic E-state index is -0.859. The van der Waals surface area contributed by atoms with Gasteiger partial charge in [0.25, 0.3) is 0 Å². The van der Waals surface area contributed by atoms with Gasteiger partial charge < -0.3 is 29.9 Å². The molecule has 0 spiro atoms. The number of hydrogen-bond donors (Lipinski definition) is 4. The topological polar surface area (TPSA) is 134 Å². The van der Waals surface area contributed by atoms with Gasteiger partial charge in [0.15, 0.2) is 6.10 Å². The molecule has 1 rings (SSSR count). The summed E-state index contributed by atoms with van der Waals surface area (Å²) in [5, 5.41) is 39.9. The molecular weight excluding hydrogens is 428 g/mol. The molecule has 6 atom stereocenters. The Morgan fingerprint density at radius 3 is 2.55 bits per heavy atom. The van der Waals surface area contributed by atoms with E-state index in [2.05, 4.69) is 6.92 Å². The lowest BCUT2D eigenvalue weighted by Gasteiger charge is -2.19. The van der Waals surface area contributed by atoms with Crippen LogP contribution in [-0.2, 0) is 19.1 Å². The van der Waals surface area contributed by atoms with E-state index < -0.39 is 43.0 Å². The molecule has 0 aliphatic heterocycles. The first kappa shape index (κ1) is 29.3. The van der Waals surface area contributed by atoms with Gasteiger partial charge in [0.2, 0.25) is 0 Å². The molecule has 4 N–H and O–H groups in total. The third-order valence-corrected chi connectivity index (χ3v) is 5.88. The van der Waals surface area contributed by atoms with Crippen molar-refractivity contribution in [3.8, 4) is 0 Å². The summed E-state index contributed by atoms with van der Waals surface area (Å²) >= 11 is 0. The molecule has 0 unspecified atom stereocenters. The standard InChI is InChI=1S/C25H42O8/c1-3-4-7-10-19(28)13-14-22-21(23(29)15-24(22)30)11-8-5-6-9-12-25(31)33-20(16-26)17-32-18(2)27/h5,8,13-14,19-24,26,28-30H,3-4,6-7,9-12,15-17H2,1-2H3/b8-5+,14-13+/t19-,20-,21+,22+,23-,24+/m0/s1. The van der Waals surface area contributed by atoms with Crippen molar-refractivity contribution in [3.63, 3.8) is 0 Å². The van der Waals surface area contributed by atoms with Crippen LogP contribution in [0, 0.1) is 11.8 Å². The third-order valence-electron chi connectivity index (χ3n) is 5.88. The van der Waals surface area contributed by atoms with Crippen LogP contribution in [-0.4, -0.2) is 70.0 Å². The van der Waals surface area contributed by atoms with Gasteiger partial charge in [-0.1, -0.05) is 50.5 Å². The smallest absolute Gasteiger partial charge is 0.306 e. The van der Waals surface area contributed by atoms with Gasteiger partial charge in [-0.05, 0) is 31.6 Å². The monoisotopic (exact) mass is 470 g/mol. The molecule has 0 amide bonds. The first-order valence-electron chi connectivity index (χ1n) is 12.1. The summed E-state index contributed by atoms with van der Waals surface area (Å²) in [5.74, 6) is -1.29. The predicted octanol–water partition coefficient (Wildman–Crippen LogP) is 2.43. The molecule has 0 bridgehead atoms. The van der Waals surface area contributed by atoms with Gasteiger partial charge in [-0.25, -0.2) is 0 Å². The number of carbonyl (C=O) groups is 2. The molecular formula is C25H42O8. The van der Waals surface area contributed by atoms with Gasteiger partial charge in [0, 0.05) is 25.7 Å². The molecule has 0 heterocycles. The van der Waals surface area contributed by atoms with Crippen molar-refractivity contribution < 1.29 is 39.5 Å². The fourth-order valence-electron chi connectivity index (χ4n) is 3.98. The van der Waals surface area contributed by atoms with Gasteiger partial charge in [-0.3, -0.25) is 9.59 Å². The fourth-order valence-corrected chi connectivity index (χ4v) is 3.98. The van der Waals surface area contributed by atoms with E-state index in [-0.39, 0.29) is 24.9 Å². The van der Waals surface area contributed by atoms with Crippen LogP contribution in [0.5, 0.6) is 0 Å². The average Bonchev–Trinajstić information content (AvgIpc) is 3.04. The van der Waals surface area contributed by atoms with Crippen LogP contribution < -0.4 is 0 Å². The Balaban J connectivity index is 2.38. The van der Waals surface area contributed by atoms with Crippen LogP contribution in [0.3, 0.4) is 0 Å². The van der Waals surface area contributed by atoms with Crippen LogP contribution in [0.2, 0.25) is 0 Å². The summed E-state index contributed by atoms with van der Waals surface area (Å²) in [6, 6.07) is 0. The SMILES string of the molecule is CCCCC[C@H](O)/C=C/[C@@H]1[C@@H](C/C=C/CCCC(=O)O[C@@H](CO)COC(C)=O)[C@@H](O)C[C@H]1O. The number of allylic oxidation sites excluding steroid dienone is 2. The summed E-state index contributed by atoms with van der Waals surface area (Å²) in [7, 11) is 0. The molecule has 0 aromatic heterocycles. The normalized spacial score (nSPS) is 24.9. The quantitative estimate of drug-likeness (QED) is 0.154. The molecule has 0 aromatic rings. The van der Waals surface area contributed by atoms with E-state index >= 15 is 0 Å². The molecule has 33 heavy (non-hydrogen) atoms. The molecule has 8 nitrogen and oxygen atoms in total. The van der Waals surface area contributed by atoms with E-state index in [4.69, 9.17) is 9.47 Å². The van der Waals surface area contributed by atoms with Crippen molar-refractivity contribution in [2.45, 2.75) is 96.1 Å². The van der Waals surface area contributed by atoms with E-state index in [1.807, 2.05) is 18.2 Å². The lowest BCUT2D eigenvalue weighted by atomic mass is 9.89. The average molecular weight is 471 g/mol.